The van der Waals surface area contributed by atoms with Crippen molar-refractivity contribution in [2.75, 3.05) is 6.54 Å². The highest BCUT2D eigenvalue weighted by molar-refractivity contribution is 7.89. The number of sulfonamides is 1. The lowest BCUT2D eigenvalue weighted by Gasteiger charge is -2.09. The first-order chi connectivity index (χ1) is 7.79. The molecule has 7 heteroatoms. The maximum atomic E-state index is 11.8. The van der Waals surface area contributed by atoms with Crippen LogP contribution in [0.25, 0.3) is 0 Å². The lowest BCUT2D eigenvalue weighted by Crippen LogP contribution is -2.24. The lowest BCUT2D eigenvalue weighted by molar-refractivity contribution is -0.385. The third-order valence-electron chi connectivity index (χ3n) is 2.44. The molecule has 0 aliphatic heterocycles. The second kappa shape index (κ2) is 4.80. The molecule has 17 heavy (non-hydrogen) atoms. The Kier molecular flexibility index (Phi) is 3.84. The first kappa shape index (κ1) is 13.6. The van der Waals surface area contributed by atoms with Crippen LogP contribution in [0.5, 0.6) is 0 Å². The molecule has 0 aliphatic rings. The highest BCUT2D eigenvalue weighted by Crippen LogP contribution is 2.24. The van der Waals surface area contributed by atoms with Crippen molar-refractivity contribution in [2.45, 2.75) is 25.7 Å². The van der Waals surface area contributed by atoms with E-state index in [1.54, 1.807) is 20.8 Å². The number of nitrogens with zero attached hydrogens (tertiary/aromatic N) is 1. The summed E-state index contributed by atoms with van der Waals surface area (Å²) in [6.07, 6.45) is 0. The highest BCUT2D eigenvalue weighted by Gasteiger charge is 2.21. The number of nitro benzene ring substituents is 1. The zero-order valence-corrected chi connectivity index (χ0v) is 10.7. The molecule has 0 amide bonds. The second-order valence-electron chi connectivity index (χ2n) is 3.64. The van der Waals surface area contributed by atoms with Gasteiger partial charge in [0.2, 0.25) is 10.0 Å². The quantitative estimate of drug-likeness (QED) is 0.654. The smallest absolute Gasteiger partial charge is 0.258 e. The van der Waals surface area contributed by atoms with Gasteiger partial charge in [0.1, 0.15) is 0 Å². The van der Waals surface area contributed by atoms with E-state index in [-0.39, 0.29) is 17.1 Å². The first-order valence-electron chi connectivity index (χ1n) is 5.05. The number of rotatable bonds is 4. The van der Waals surface area contributed by atoms with Crippen LogP contribution in [-0.2, 0) is 10.0 Å². The van der Waals surface area contributed by atoms with Gasteiger partial charge in [0.15, 0.2) is 0 Å². The van der Waals surface area contributed by atoms with Gasteiger partial charge in [0, 0.05) is 18.7 Å². The molecule has 0 aromatic heterocycles. The Morgan fingerprint density at radius 3 is 2.41 bits per heavy atom. The van der Waals surface area contributed by atoms with Crippen LogP contribution in [0.15, 0.2) is 17.0 Å². The van der Waals surface area contributed by atoms with E-state index in [0.29, 0.717) is 11.1 Å². The summed E-state index contributed by atoms with van der Waals surface area (Å²) >= 11 is 0. The van der Waals surface area contributed by atoms with Crippen LogP contribution in [0.4, 0.5) is 5.69 Å². The maximum absolute atomic E-state index is 11.8. The van der Waals surface area contributed by atoms with Gasteiger partial charge in [-0.3, -0.25) is 10.1 Å². The van der Waals surface area contributed by atoms with E-state index in [4.69, 9.17) is 0 Å². The van der Waals surface area contributed by atoms with Crippen LogP contribution in [-0.4, -0.2) is 19.9 Å². The number of hydrogen-bond acceptors (Lipinski definition) is 4. The van der Waals surface area contributed by atoms with Gasteiger partial charge in [-0.25, -0.2) is 13.1 Å². The van der Waals surface area contributed by atoms with Gasteiger partial charge < -0.3 is 0 Å². The fourth-order valence-corrected chi connectivity index (χ4v) is 2.84. The van der Waals surface area contributed by atoms with Gasteiger partial charge in [0.25, 0.3) is 5.69 Å². The van der Waals surface area contributed by atoms with E-state index in [2.05, 4.69) is 4.72 Å². The molecule has 94 valence electrons. The predicted octanol–water partition coefficient (Wildman–Crippen LogP) is 1.51. The lowest BCUT2D eigenvalue weighted by atomic mass is 10.1. The Morgan fingerprint density at radius 2 is 1.94 bits per heavy atom. The van der Waals surface area contributed by atoms with Crippen LogP contribution in [0, 0.1) is 24.0 Å². The Hall–Kier alpha value is -1.47. The monoisotopic (exact) mass is 258 g/mol. The number of hydrogen-bond donors (Lipinski definition) is 1. The summed E-state index contributed by atoms with van der Waals surface area (Å²) in [5, 5.41) is 10.7. The number of non-ortho nitro benzene ring substituents is 1. The van der Waals surface area contributed by atoms with E-state index < -0.39 is 14.9 Å². The van der Waals surface area contributed by atoms with Crippen LogP contribution < -0.4 is 4.72 Å². The second-order valence-corrected chi connectivity index (χ2v) is 5.38. The number of nitro groups is 1. The van der Waals surface area contributed by atoms with Crippen LogP contribution >= 0.6 is 0 Å². The third-order valence-corrected chi connectivity index (χ3v) is 4.11. The summed E-state index contributed by atoms with van der Waals surface area (Å²) < 4.78 is 26.0. The zero-order valence-electron chi connectivity index (χ0n) is 9.85. The number of benzene rings is 1. The van der Waals surface area contributed by atoms with Gasteiger partial charge in [-0.05, 0) is 25.0 Å². The normalized spacial score (nSPS) is 11.5. The molecule has 0 heterocycles. The Morgan fingerprint density at radius 1 is 1.35 bits per heavy atom. The fraction of sp³-hybridized carbons (Fsp3) is 0.400. The van der Waals surface area contributed by atoms with Crippen molar-refractivity contribution in [2.24, 2.45) is 0 Å². The molecule has 6 nitrogen and oxygen atoms in total. The van der Waals surface area contributed by atoms with Crippen molar-refractivity contribution in [3.05, 3.63) is 33.4 Å². The molecule has 0 bridgehead atoms. The minimum atomic E-state index is -3.67. The van der Waals surface area contributed by atoms with Crippen molar-refractivity contribution in [3.8, 4) is 0 Å². The zero-order chi connectivity index (χ0) is 13.2. The van der Waals surface area contributed by atoms with Gasteiger partial charge >= 0.3 is 0 Å². The van der Waals surface area contributed by atoms with Crippen molar-refractivity contribution in [1.82, 2.24) is 4.72 Å². The molecule has 0 spiro atoms. The summed E-state index contributed by atoms with van der Waals surface area (Å²) in [6, 6.07) is 2.45. The molecular weight excluding hydrogens is 244 g/mol. The van der Waals surface area contributed by atoms with Gasteiger partial charge in [-0.2, -0.15) is 0 Å². The molecule has 0 aliphatic carbocycles. The van der Waals surface area contributed by atoms with Crippen molar-refractivity contribution >= 4 is 15.7 Å². The number of nitrogens with one attached hydrogen (secondary N) is 1. The van der Waals surface area contributed by atoms with Gasteiger partial charge in [-0.15, -0.1) is 0 Å². The summed E-state index contributed by atoms with van der Waals surface area (Å²) in [4.78, 5) is 10.1. The summed E-state index contributed by atoms with van der Waals surface area (Å²) in [6.45, 7) is 5.16. The predicted molar refractivity (Wildman–Crippen MR) is 63.4 cm³/mol. The molecule has 1 rings (SSSR count). The Balaban J connectivity index is 3.48. The van der Waals surface area contributed by atoms with Gasteiger partial charge in [-0.1, -0.05) is 6.92 Å². The van der Waals surface area contributed by atoms with E-state index >= 15 is 0 Å². The maximum Gasteiger partial charge on any atom is 0.271 e. The minimum Gasteiger partial charge on any atom is -0.258 e. The van der Waals surface area contributed by atoms with Crippen molar-refractivity contribution in [3.63, 3.8) is 0 Å². The van der Waals surface area contributed by atoms with Crippen molar-refractivity contribution in [1.29, 1.82) is 0 Å². The Labute approximate surface area is 99.9 Å². The molecule has 1 aromatic rings. The van der Waals surface area contributed by atoms with Crippen LogP contribution in [0.2, 0.25) is 0 Å². The van der Waals surface area contributed by atoms with Crippen LogP contribution in [0.3, 0.4) is 0 Å². The van der Waals surface area contributed by atoms with Crippen LogP contribution in [0.1, 0.15) is 18.1 Å². The average molecular weight is 258 g/mol. The molecule has 0 atom stereocenters. The summed E-state index contributed by atoms with van der Waals surface area (Å²) in [5.74, 6) is 0. The molecule has 0 radical (unpaired) electrons. The molecular formula is C10H14N2O4S. The fourth-order valence-electron chi connectivity index (χ4n) is 1.46. The van der Waals surface area contributed by atoms with E-state index in [1.165, 1.54) is 6.07 Å². The van der Waals surface area contributed by atoms with E-state index in [1.807, 2.05) is 0 Å². The average Bonchev–Trinajstić information content (AvgIpc) is 2.21. The molecule has 1 N–H and O–H groups in total. The third kappa shape index (κ3) is 2.80. The first-order valence-corrected chi connectivity index (χ1v) is 6.53. The molecule has 0 unspecified atom stereocenters. The topological polar surface area (TPSA) is 89.3 Å². The molecule has 0 saturated carbocycles. The molecule has 0 fully saturated rings. The van der Waals surface area contributed by atoms with E-state index in [9.17, 15) is 18.5 Å². The highest BCUT2D eigenvalue weighted by atomic mass is 32.2. The largest absolute Gasteiger partial charge is 0.271 e. The van der Waals surface area contributed by atoms with E-state index in [0.717, 1.165) is 6.07 Å². The molecule has 0 saturated heterocycles. The van der Waals surface area contributed by atoms with Crippen molar-refractivity contribution < 1.29 is 13.3 Å². The number of aryl methyl sites for hydroxylation is 1. The standard InChI is InChI=1S/C10H14N2O4S/c1-4-11-17(15,16)10-6-9(12(13)14)5-7(2)8(10)3/h5-6,11H,4H2,1-3H3. The summed E-state index contributed by atoms with van der Waals surface area (Å²) in [7, 11) is -3.67. The SMILES string of the molecule is CCNS(=O)(=O)c1cc([N+](=O)[O-])cc(C)c1C. The summed E-state index contributed by atoms with van der Waals surface area (Å²) in [5.41, 5.74) is 0.886. The minimum absolute atomic E-state index is 0.0361. The molecule has 1 aromatic carbocycles. The Bertz CT molecular complexity index is 552. The van der Waals surface area contributed by atoms with Gasteiger partial charge in [0.05, 0.1) is 9.82 Å².